The maximum Gasteiger partial charge on any atom is 0.350 e. The minimum Gasteiger partial charge on any atom is -0.497 e. The molecule has 0 bridgehead atoms. The monoisotopic (exact) mass is 505 g/mol. The van der Waals surface area contributed by atoms with Crippen LogP contribution >= 0.6 is 0 Å². The van der Waals surface area contributed by atoms with Gasteiger partial charge in [0.25, 0.3) is 0 Å². The summed E-state index contributed by atoms with van der Waals surface area (Å²) in [5.41, 5.74) is 1.75. The van der Waals surface area contributed by atoms with Crippen LogP contribution in [0.5, 0.6) is 17.4 Å². The standard InChI is InChI=1S/C30H35NO6/c1-18-14-20(15-19(2)26(18)36-30(6,7)28(33)37-29(3,4)5)10-13-25(32)23-16-21-11-12-22(34-8)17-24(21)31-27(23)35-9/h10-17H,1-9H3/b13-10+. The van der Waals surface area contributed by atoms with Crippen molar-refractivity contribution in [2.45, 2.75) is 59.7 Å². The van der Waals surface area contributed by atoms with Crippen molar-refractivity contribution in [1.29, 1.82) is 0 Å². The number of methoxy groups -OCH3 is 2. The first-order valence-electron chi connectivity index (χ1n) is 12.0. The van der Waals surface area contributed by atoms with Crippen LogP contribution in [0.15, 0.2) is 42.5 Å². The second kappa shape index (κ2) is 10.6. The quantitative estimate of drug-likeness (QED) is 0.203. The maximum absolute atomic E-state index is 13.1. The summed E-state index contributed by atoms with van der Waals surface area (Å²) in [7, 11) is 3.07. The first kappa shape index (κ1) is 27.7. The third-order valence-electron chi connectivity index (χ3n) is 5.61. The van der Waals surface area contributed by atoms with Crippen LogP contribution in [0.1, 0.15) is 61.7 Å². The molecule has 2 aromatic carbocycles. The van der Waals surface area contributed by atoms with E-state index in [1.807, 2.05) is 58.9 Å². The molecule has 0 saturated heterocycles. The second-order valence-electron chi connectivity index (χ2n) is 10.4. The molecule has 0 aliphatic heterocycles. The lowest BCUT2D eigenvalue weighted by atomic mass is 10.0. The Morgan fingerprint density at radius 1 is 0.892 bits per heavy atom. The molecule has 0 saturated carbocycles. The number of carbonyl (C=O) groups excluding carboxylic acids is 2. The van der Waals surface area contributed by atoms with Gasteiger partial charge in [-0.05, 0) is 102 Å². The number of ether oxygens (including phenoxy) is 4. The first-order chi connectivity index (χ1) is 17.2. The number of fused-ring (bicyclic) bond motifs is 1. The zero-order chi connectivity index (χ0) is 27.5. The molecular weight excluding hydrogens is 470 g/mol. The van der Waals surface area contributed by atoms with Crippen molar-refractivity contribution in [3.05, 3.63) is 64.7 Å². The van der Waals surface area contributed by atoms with Gasteiger partial charge in [-0.3, -0.25) is 4.79 Å². The Kier molecular flexibility index (Phi) is 7.96. The Morgan fingerprint density at radius 3 is 2.11 bits per heavy atom. The van der Waals surface area contributed by atoms with E-state index >= 15 is 0 Å². The molecule has 37 heavy (non-hydrogen) atoms. The third kappa shape index (κ3) is 6.67. The average Bonchev–Trinajstić information content (AvgIpc) is 2.82. The van der Waals surface area contributed by atoms with Crippen LogP contribution in [-0.2, 0) is 9.53 Å². The zero-order valence-electron chi connectivity index (χ0n) is 23.0. The van der Waals surface area contributed by atoms with Gasteiger partial charge in [-0.15, -0.1) is 0 Å². The number of rotatable bonds is 8. The SMILES string of the molecule is COc1ccc2cc(C(=O)/C=C/c3cc(C)c(OC(C)(C)C(=O)OC(C)(C)C)c(C)c3)c(OC)nc2c1. The molecule has 3 aromatic rings. The van der Waals surface area contributed by atoms with Crippen molar-refractivity contribution < 1.29 is 28.5 Å². The molecule has 7 nitrogen and oxygen atoms in total. The van der Waals surface area contributed by atoms with E-state index in [1.54, 1.807) is 39.2 Å². The van der Waals surface area contributed by atoms with E-state index in [0.29, 0.717) is 22.6 Å². The van der Waals surface area contributed by atoms with Crippen molar-refractivity contribution in [3.63, 3.8) is 0 Å². The smallest absolute Gasteiger partial charge is 0.350 e. The van der Waals surface area contributed by atoms with Gasteiger partial charge in [0.2, 0.25) is 5.88 Å². The van der Waals surface area contributed by atoms with E-state index in [-0.39, 0.29) is 11.7 Å². The topological polar surface area (TPSA) is 84.0 Å². The van der Waals surface area contributed by atoms with E-state index in [1.165, 1.54) is 13.2 Å². The number of carbonyl (C=O) groups is 2. The van der Waals surface area contributed by atoms with Gasteiger partial charge in [0.15, 0.2) is 11.4 Å². The van der Waals surface area contributed by atoms with Crippen molar-refractivity contribution in [1.82, 2.24) is 4.98 Å². The Hall–Kier alpha value is -3.87. The largest absolute Gasteiger partial charge is 0.497 e. The lowest BCUT2D eigenvalue weighted by Gasteiger charge is -2.30. The Bertz CT molecular complexity index is 1340. The molecule has 196 valence electrons. The second-order valence-corrected chi connectivity index (χ2v) is 10.4. The van der Waals surface area contributed by atoms with Crippen LogP contribution in [0.3, 0.4) is 0 Å². The van der Waals surface area contributed by atoms with Gasteiger partial charge < -0.3 is 18.9 Å². The minimum absolute atomic E-state index is 0.233. The molecular formula is C30H35NO6. The number of esters is 1. The summed E-state index contributed by atoms with van der Waals surface area (Å²) in [6.07, 6.45) is 3.23. The number of aromatic nitrogens is 1. The molecule has 0 aliphatic rings. The van der Waals surface area contributed by atoms with Crippen molar-refractivity contribution in [3.8, 4) is 17.4 Å². The van der Waals surface area contributed by atoms with E-state index < -0.39 is 17.2 Å². The molecule has 0 N–H and O–H groups in total. The number of hydrogen-bond donors (Lipinski definition) is 0. The molecule has 0 unspecified atom stereocenters. The van der Waals surface area contributed by atoms with Gasteiger partial charge in [-0.25, -0.2) is 9.78 Å². The number of hydrogen-bond acceptors (Lipinski definition) is 7. The minimum atomic E-state index is -1.17. The van der Waals surface area contributed by atoms with E-state index in [0.717, 1.165) is 22.1 Å². The fourth-order valence-electron chi connectivity index (χ4n) is 3.79. The fourth-order valence-corrected chi connectivity index (χ4v) is 3.79. The van der Waals surface area contributed by atoms with Crippen LogP contribution in [0.2, 0.25) is 0 Å². The van der Waals surface area contributed by atoms with Crippen molar-refractivity contribution >= 4 is 28.7 Å². The Labute approximate surface area is 218 Å². The number of aryl methyl sites for hydroxylation is 2. The van der Waals surface area contributed by atoms with Crippen molar-refractivity contribution in [2.75, 3.05) is 14.2 Å². The molecule has 0 radical (unpaired) electrons. The predicted octanol–water partition coefficient (Wildman–Crippen LogP) is 6.26. The van der Waals surface area contributed by atoms with E-state index in [2.05, 4.69) is 4.98 Å². The fraction of sp³-hybridized carbons (Fsp3) is 0.367. The highest BCUT2D eigenvalue weighted by Gasteiger charge is 2.35. The zero-order valence-corrected chi connectivity index (χ0v) is 23.0. The van der Waals surface area contributed by atoms with Crippen LogP contribution in [0.25, 0.3) is 17.0 Å². The summed E-state index contributed by atoms with van der Waals surface area (Å²) in [6.45, 7) is 12.6. The number of nitrogens with zero attached hydrogens (tertiary/aromatic N) is 1. The van der Waals surface area contributed by atoms with Gasteiger partial charge in [-0.1, -0.05) is 6.08 Å². The molecule has 0 aliphatic carbocycles. The lowest BCUT2D eigenvalue weighted by Crippen LogP contribution is -2.43. The summed E-state index contributed by atoms with van der Waals surface area (Å²) in [5.74, 6) is 0.855. The Morgan fingerprint density at radius 2 is 1.54 bits per heavy atom. The average molecular weight is 506 g/mol. The van der Waals surface area contributed by atoms with Gasteiger partial charge in [-0.2, -0.15) is 0 Å². The highest BCUT2D eigenvalue weighted by molar-refractivity contribution is 6.10. The van der Waals surface area contributed by atoms with Crippen LogP contribution in [0, 0.1) is 13.8 Å². The molecule has 7 heteroatoms. The van der Waals surface area contributed by atoms with E-state index in [9.17, 15) is 9.59 Å². The lowest BCUT2D eigenvalue weighted by molar-refractivity contribution is -0.171. The molecule has 0 atom stereocenters. The number of benzene rings is 2. The highest BCUT2D eigenvalue weighted by atomic mass is 16.6. The number of pyridine rings is 1. The van der Waals surface area contributed by atoms with E-state index in [4.69, 9.17) is 18.9 Å². The normalized spacial score (nSPS) is 12.0. The van der Waals surface area contributed by atoms with Crippen LogP contribution < -0.4 is 14.2 Å². The van der Waals surface area contributed by atoms with Gasteiger partial charge in [0.05, 0.1) is 25.3 Å². The summed E-state index contributed by atoms with van der Waals surface area (Å²) >= 11 is 0. The summed E-state index contributed by atoms with van der Waals surface area (Å²) < 4.78 is 22.3. The highest BCUT2D eigenvalue weighted by Crippen LogP contribution is 2.31. The molecule has 0 amide bonds. The van der Waals surface area contributed by atoms with Gasteiger partial charge >= 0.3 is 5.97 Å². The van der Waals surface area contributed by atoms with Gasteiger partial charge in [0.1, 0.15) is 17.1 Å². The van der Waals surface area contributed by atoms with Gasteiger partial charge in [0, 0.05) is 11.5 Å². The Balaban J connectivity index is 1.85. The predicted molar refractivity (Wildman–Crippen MR) is 145 cm³/mol. The molecule has 1 aromatic heterocycles. The molecule has 0 fully saturated rings. The number of allylic oxidation sites excluding steroid dienone is 1. The van der Waals surface area contributed by atoms with Crippen LogP contribution in [0.4, 0.5) is 0 Å². The summed E-state index contributed by atoms with van der Waals surface area (Å²) in [5, 5.41) is 0.805. The first-order valence-corrected chi connectivity index (χ1v) is 12.0. The van der Waals surface area contributed by atoms with Crippen molar-refractivity contribution in [2.24, 2.45) is 0 Å². The maximum atomic E-state index is 13.1. The molecule has 1 heterocycles. The third-order valence-corrected chi connectivity index (χ3v) is 5.61. The summed E-state index contributed by atoms with van der Waals surface area (Å²) in [4.78, 5) is 30.2. The number of ketones is 1. The molecule has 3 rings (SSSR count). The van der Waals surface area contributed by atoms with Crippen LogP contribution in [-0.4, -0.2) is 42.2 Å². The molecule has 0 spiro atoms. The summed E-state index contributed by atoms with van der Waals surface area (Å²) in [6, 6.07) is 11.0.